The van der Waals surface area contributed by atoms with Gasteiger partial charge in [0, 0.05) is 16.7 Å². The Labute approximate surface area is 216 Å². The molecule has 1 amide bonds. The van der Waals surface area contributed by atoms with E-state index in [4.69, 9.17) is 14.5 Å². The molecule has 1 heterocycles. The lowest BCUT2D eigenvalue weighted by atomic mass is 9.81. The van der Waals surface area contributed by atoms with Crippen molar-refractivity contribution < 1.29 is 23.9 Å². The fourth-order valence-electron chi connectivity index (χ4n) is 4.63. The number of anilines is 1. The van der Waals surface area contributed by atoms with E-state index in [1.54, 1.807) is 45.0 Å². The zero-order chi connectivity index (χ0) is 26.8. The first-order valence-corrected chi connectivity index (χ1v) is 12.0. The number of amides is 1. The molecule has 7 nitrogen and oxygen atoms in total. The van der Waals surface area contributed by atoms with Gasteiger partial charge in [0.05, 0.1) is 18.5 Å². The topological polar surface area (TPSA) is 85.3 Å². The first-order chi connectivity index (χ1) is 17.6. The second-order valence-electron chi connectivity index (χ2n) is 9.81. The van der Waals surface area contributed by atoms with E-state index in [1.165, 1.54) is 18.9 Å². The number of carbonyl (C=O) groups excluding carboxylic acids is 3. The maximum atomic E-state index is 13.7. The minimum Gasteiger partial charge on any atom is -0.467 e. The van der Waals surface area contributed by atoms with E-state index in [1.807, 2.05) is 60.7 Å². The quantitative estimate of drug-likeness (QED) is 0.352. The molecule has 0 radical (unpaired) electrons. The third-order valence-electron chi connectivity index (χ3n) is 6.16. The summed E-state index contributed by atoms with van der Waals surface area (Å²) < 4.78 is 10.8. The molecule has 0 saturated carbocycles. The molecule has 4 rings (SSSR count). The van der Waals surface area contributed by atoms with Crippen LogP contribution in [0.25, 0.3) is 0 Å². The summed E-state index contributed by atoms with van der Waals surface area (Å²) in [5.41, 5.74) is 0.196. The molecule has 0 bridgehead atoms. The van der Waals surface area contributed by atoms with Crippen LogP contribution in [0.15, 0.2) is 89.9 Å². The SMILES string of the molecule is COC(=O)[C@@H]1N(C(=O)OC(C)(C)C)c2ccccc2[C@]1(N=C(c1ccccc1)c1ccccc1)C(C)=O. The van der Waals surface area contributed by atoms with Crippen molar-refractivity contribution in [3.63, 3.8) is 0 Å². The molecule has 0 N–H and O–H groups in total. The fourth-order valence-corrected chi connectivity index (χ4v) is 4.63. The Morgan fingerprint density at radius 2 is 1.35 bits per heavy atom. The average molecular weight is 499 g/mol. The maximum Gasteiger partial charge on any atom is 0.415 e. The zero-order valence-electron chi connectivity index (χ0n) is 21.6. The number of fused-ring (bicyclic) bond motifs is 1. The summed E-state index contributed by atoms with van der Waals surface area (Å²) in [5, 5.41) is 0. The number of Topliss-reactive ketones (excluding diaryl/α,β-unsaturated/α-hetero) is 1. The predicted octanol–water partition coefficient (Wildman–Crippen LogP) is 5.31. The Morgan fingerprint density at radius 1 is 0.838 bits per heavy atom. The molecule has 1 aliphatic heterocycles. The molecule has 1 aliphatic rings. The number of hydrogen-bond acceptors (Lipinski definition) is 6. The Balaban J connectivity index is 2.07. The summed E-state index contributed by atoms with van der Waals surface area (Å²) >= 11 is 0. The molecule has 7 heteroatoms. The van der Waals surface area contributed by atoms with Gasteiger partial charge in [-0.25, -0.2) is 9.59 Å². The van der Waals surface area contributed by atoms with E-state index >= 15 is 0 Å². The van der Waals surface area contributed by atoms with Crippen LogP contribution in [0.4, 0.5) is 10.5 Å². The van der Waals surface area contributed by atoms with Gasteiger partial charge in [-0.3, -0.25) is 14.7 Å². The van der Waals surface area contributed by atoms with Gasteiger partial charge in [-0.05, 0) is 33.8 Å². The molecule has 3 aromatic carbocycles. The molecular weight excluding hydrogens is 468 g/mol. The number of methoxy groups -OCH3 is 1. The van der Waals surface area contributed by atoms with Gasteiger partial charge >= 0.3 is 12.1 Å². The van der Waals surface area contributed by atoms with Crippen molar-refractivity contribution >= 4 is 29.2 Å². The third-order valence-corrected chi connectivity index (χ3v) is 6.16. The Hall–Kier alpha value is -4.26. The summed E-state index contributed by atoms with van der Waals surface area (Å²) in [6.45, 7) is 6.58. The summed E-state index contributed by atoms with van der Waals surface area (Å²) in [5.74, 6) is -1.19. The number of ether oxygens (including phenoxy) is 2. The van der Waals surface area contributed by atoms with Crippen molar-refractivity contribution in [3.05, 3.63) is 102 Å². The Morgan fingerprint density at radius 3 is 1.84 bits per heavy atom. The molecule has 37 heavy (non-hydrogen) atoms. The minimum absolute atomic E-state index is 0.367. The summed E-state index contributed by atoms with van der Waals surface area (Å²) in [4.78, 5) is 47.0. The Kier molecular flexibility index (Phi) is 6.99. The van der Waals surface area contributed by atoms with Crippen molar-refractivity contribution in [1.82, 2.24) is 0 Å². The molecule has 3 aromatic rings. The normalized spacial score (nSPS) is 18.5. The number of ketones is 1. The van der Waals surface area contributed by atoms with E-state index in [-0.39, 0.29) is 0 Å². The maximum absolute atomic E-state index is 13.7. The third kappa shape index (κ3) is 4.77. The van der Waals surface area contributed by atoms with Crippen LogP contribution in [0.5, 0.6) is 0 Å². The van der Waals surface area contributed by atoms with Crippen molar-refractivity contribution in [3.8, 4) is 0 Å². The predicted molar refractivity (Wildman–Crippen MR) is 142 cm³/mol. The molecule has 0 aliphatic carbocycles. The van der Waals surface area contributed by atoms with E-state index in [0.29, 0.717) is 17.0 Å². The number of esters is 1. The smallest absolute Gasteiger partial charge is 0.415 e. The summed E-state index contributed by atoms with van der Waals surface area (Å²) in [6, 6.07) is 24.3. The van der Waals surface area contributed by atoms with Gasteiger partial charge in [0.25, 0.3) is 0 Å². The van der Waals surface area contributed by atoms with Gasteiger partial charge in [0.2, 0.25) is 0 Å². The van der Waals surface area contributed by atoms with Crippen LogP contribution in [0.2, 0.25) is 0 Å². The summed E-state index contributed by atoms with van der Waals surface area (Å²) in [6.07, 6.45) is -0.769. The van der Waals surface area contributed by atoms with Crippen LogP contribution < -0.4 is 4.90 Å². The number of rotatable bonds is 5. The van der Waals surface area contributed by atoms with Gasteiger partial charge < -0.3 is 9.47 Å². The number of nitrogens with zero attached hydrogens (tertiary/aromatic N) is 2. The van der Waals surface area contributed by atoms with Crippen molar-refractivity contribution in [1.29, 1.82) is 0 Å². The summed E-state index contributed by atoms with van der Waals surface area (Å²) in [7, 11) is 1.22. The van der Waals surface area contributed by atoms with Crippen molar-refractivity contribution in [2.45, 2.75) is 44.9 Å². The molecular formula is C30H30N2O5. The van der Waals surface area contributed by atoms with Gasteiger partial charge in [-0.2, -0.15) is 0 Å². The first kappa shape index (κ1) is 25.8. The highest BCUT2D eigenvalue weighted by Gasteiger charge is 2.61. The van der Waals surface area contributed by atoms with E-state index in [9.17, 15) is 14.4 Å². The van der Waals surface area contributed by atoms with Crippen LogP contribution in [0.1, 0.15) is 44.4 Å². The van der Waals surface area contributed by atoms with Crippen LogP contribution in [0, 0.1) is 0 Å². The largest absolute Gasteiger partial charge is 0.467 e. The number of hydrogen-bond donors (Lipinski definition) is 0. The Bertz CT molecular complexity index is 1300. The van der Waals surface area contributed by atoms with Crippen LogP contribution in [0.3, 0.4) is 0 Å². The molecule has 0 spiro atoms. The molecule has 0 saturated heterocycles. The lowest BCUT2D eigenvalue weighted by molar-refractivity contribution is -0.146. The number of benzene rings is 3. The van der Waals surface area contributed by atoms with E-state index in [2.05, 4.69) is 0 Å². The van der Waals surface area contributed by atoms with Gasteiger partial charge in [-0.15, -0.1) is 0 Å². The molecule has 0 unspecified atom stereocenters. The standard InChI is InChI=1S/C30H30N2O5/c1-20(33)30(31-25(21-14-8-6-9-15-21)22-16-10-7-11-17-22)23-18-12-13-19-24(23)32(26(30)27(34)36-5)28(35)37-29(2,3)4/h6-19,26H,1-5H3/t26-,30+/m0/s1. The molecule has 0 fully saturated rings. The van der Waals surface area contributed by atoms with Crippen molar-refractivity contribution in [2.75, 3.05) is 12.0 Å². The lowest BCUT2D eigenvalue weighted by Gasteiger charge is -2.33. The van der Waals surface area contributed by atoms with Crippen LogP contribution in [-0.2, 0) is 24.6 Å². The zero-order valence-corrected chi connectivity index (χ0v) is 21.6. The highest BCUT2D eigenvalue weighted by molar-refractivity contribution is 6.16. The fraction of sp³-hybridized carbons (Fsp3) is 0.267. The highest BCUT2D eigenvalue weighted by atomic mass is 16.6. The van der Waals surface area contributed by atoms with Gasteiger partial charge in [0.1, 0.15) is 5.60 Å². The highest BCUT2D eigenvalue weighted by Crippen LogP contribution is 2.48. The molecule has 0 aromatic heterocycles. The number of para-hydroxylation sites is 1. The second-order valence-corrected chi connectivity index (χ2v) is 9.81. The van der Waals surface area contributed by atoms with Gasteiger partial charge in [-0.1, -0.05) is 78.9 Å². The van der Waals surface area contributed by atoms with E-state index in [0.717, 1.165) is 11.1 Å². The average Bonchev–Trinajstić information content (AvgIpc) is 3.18. The minimum atomic E-state index is -1.78. The van der Waals surface area contributed by atoms with Crippen LogP contribution >= 0.6 is 0 Å². The van der Waals surface area contributed by atoms with Crippen LogP contribution in [-0.4, -0.2) is 42.3 Å². The monoisotopic (exact) mass is 498 g/mol. The first-order valence-electron chi connectivity index (χ1n) is 12.0. The number of carbonyl (C=O) groups is 3. The second kappa shape index (κ2) is 10.0. The van der Waals surface area contributed by atoms with Crippen molar-refractivity contribution in [2.24, 2.45) is 4.99 Å². The lowest BCUT2D eigenvalue weighted by Crippen LogP contribution is -2.56. The molecule has 190 valence electrons. The van der Waals surface area contributed by atoms with Gasteiger partial charge in [0.15, 0.2) is 17.4 Å². The molecule has 2 atom stereocenters. The number of aliphatic imine (C=N–C) groups is 1. The van der Waals surface area contributed by atoms with E-state index < -0.39 is 35.0 Å².